The second kappa shape index (κ2) is 9.96. The number of aromatic nitrogens is 3. The Morgan fingerprint density at radius 3 is 2.72 bits per heavy atom. The summed E-state index contributed by atoms with van der Waals surface area (Å²) in [6.07, 6.45) is 6.72. The Morgan fingerprint density at radius 2 is 2.00 bits per heavy atom. The van der Waals surface area contributed by atoms with Gasteiger partial charge >= 0.3 is 0 Å². The maximum atomic E-state index is 12.2. The van der Waals surface area contributed by atoms with Crippen LogP contribution in [0.3, 0.4) is 0 Å². The van der Waals surface area contributed by atoms with Gasteiger partial charge in [-0.05, 0) is 18.9 Å². The summed E-state index contributed by atoms with van der Waals surface area (Å²) in [5, 5.41) is 10.6. The van der Waals surface area contributed by atoms with Crippen LogP contribution in [0.1, 0.15) is 29.2 Å². The Morgan fingerprint density at radius 1 is 1.17 bits per heavy atom. The molecule has 0 spiro atoms. The fourth-order valence-corrected chi connectivity index (χ4v) is 4.28. The number of rotatable bonds is 9. The highest BCUT2D eigenvalue weighted by molar-refractivity contribution is 6.01. The highest BCUT2D eigenvalue weighted by Crippen LogP contribution is 2.39. The molecule has 1 aliphatic carbocycles. The first-order valence-corrected chi connectivity index (χ1v) is 11.7. The van der Waals surface area contributed by atoms with Gasteiger partial charge in [0, 0.05) is 42.6 Å². The summed E-state index contributed by atoms with van der Waals surface area (Å²) in [6, 6.07) is 7.19. The highest BCUT2D eigenvalue weighted by atomic mass is 16.5. The molecule has 188 valence electrons. The number of hydrogen-bond donors (Lipinski definition) is 3. The Kier molecular flexibility index (Phi) is 6.57. The number of hydrogen-bond acceptors (Lipinski definition) is 8. The molecule has 2 aliphatic rings. The van der Waals surface area contributed by atoms with Crippen molar-refractivity contribution in [3.05, 3.63) is 48.4 Å². The van der Waals surface area contributed by atoms with E-state index >= 15 is 0 Å². The van der Waals surface area contributed by atoms with Crippen molar-refractivity contribution < 1.29 is 23.8 Å². The lowest BCUT2D eigenvalue weighted by Crippen LogP contribution is -2.24. The third-order valence-electron chi connectivity index (χ3n) is 6.41. The van der Waals surface area contributed by atoms with E-state index in [0.29, 0.717) is 36.2 Å². The number of anilines is 3. The second-order valence-electron chi connectivity index (χ2n) is 8.84. The number of nitrogens with one attached hydrogen (secondary N) is 2. The third-order valence-corrected chi connectivity index (χ3v) is 6.41. The molecule has 11 heteroatoms. The van der Waals surface area contributed by atoms with Crippen molar-refractivity contribution >= 4 is 29.0 Å². The molecule has 1 aromatic carbocycles. The van der Waals surface area contributed by atoms with Crippen molar-refractivity contribution in [2.45, 2.75) is 25.0 Å². The number of benzene rings is 1. The normalized spacial score (nSPS) is 19.2. The van der Waals surface area contributed by atoms with Crippen molar-refractivity contribution in [2.24, 2.45) is 11.7 Å². The zero-order chi connectivity index (χ0) is 25.2. The number of methoxy groups -OCH3 is 2. The van der Waals surface area contributed by atoms with Crippen LogP contribution in [0.4, 0.5) is 17.2 Å². The van der Waals surface area contributed by atoms with E-state index in [4.69, 9.17) is 19.9 Å². The SMILES string of the molecule is COc1c(Nc2cc(NC(=O)C3CC3)ncc2C(N)=O)cccc1-c1cnn(C2COCC2OC)c1. The predicted octanol–water partition coefficient (Wildman–Crippen LogP) is 2.73. The van der Waals surface area contributed by atoms with Crippen LogP contribution in [-0.4, -0.2) is 60.1 Å². The number of primary amides is 1. The van der Waals surface area contributed by atoms with Crippen molar-refractivity contribution in [1.29, 1.82) is 0 Å². The van der Waals surface area contributed by atoms with Gasteiger partial charge in [0.25, 0.3) is 5.91 Å². The van der Waals surface area contributed by atoms with E-state index in [2.05, 4.69) is 20.7 Å². The lowest BCUT2D eigenvalue weighted by atomic mass is 10.1. The minimum Gasteiger partial charge on any atom is -0.494 e. The summed E-state index contributed by atoms with van der Waals surface area (Å²) in [5.41, 5.74) is 8.43. The van der Waals surface area contributed by atoms with Crippen LogP contribution in [-0.2, 0) is 14.3 Å². The van der Waals surface area contributed by atoms with Gasteiger partial charge in [-0.25, -0.2) is 4.98 Å². The molecule has 2 aromatic heterocycles. The summed E-state index contributed by atoms with van der Waals surface area (Å²) < 4.78 is 18.7. The number of amides is 2. The van der Waals surface area contributed by atoms with Gasteiger partial charge in [-0.15, -0.1) is 0 Å². The third kappa shape index (κ3) is 4.75. The molecule has 5 rings (SSSR count). The molecule has 3 aromatic rings. The molecule has 0 bridgehead atoms. The standard InChI is InChI=1S/C25H28N6O5/c1-34-21-13-36-12-20(21)31-11-15(9-28-31)16-4-3-5-18(23(16)35-2)29-19-8-22(27-10-17(19)24(26)32)30-25(33)14-6-7-14/h3-5,8-11,14,20-21H,6-7,12-13H2,1-2H3,(H2,26,32)(H2,27,29,30,33). The quantitative estimate of drug-likeness (QED) is 0.414. The van der Waals surface area contributed by atoms with Crippen LogP contribution >= 0.6 is 0 Å². The van der Waals surface area contributed by atoms with Crippen LogP contribution in [0, 0.1) is 5.92 Å². The van der Waals surface area contributed by atoms with Crippen LogP contribution in [0.15, 0.2) is 42.9 Å². The van der Waals surface area contributed by atoms with Crippen LogP contribution < -0.4 is 21.1 Å². The van der Waals surface area contributed by atoms with E-state index in [0.717, 1.165) is 24.0 Å². The van der Waals surface area contributed by atoms with Gasteiger partial charge in [-0.1, -0.05) is 12.1 Å². The van der Waals surface area contributed by atoms with Crippen LogP contribution in [0.25, 0.3) is 11.1 Å². The molecule has 4 N–H and O–H groups in total. The minimum absolute atomic E-state index is 0.0183. The van der Waals surface area contributed by atoms with E-state index in [1.54, 1.807) is 26.5 Å². The van der Waals surface area contributed by atoms with Crippen LogP contribution in [0.5, 0.6) is 5.75 Å². The van der Waals surface area contributed by atoms with Gasteiger partial charge in [0.1, 0.15) is 23.7 Å². The van der Waals surface area contributed by atoms with Crippen molar-refractivity contribution in [3.8, 4) is 16.9 Å². The summed E-state index contributed by atoms with van der Waals surface area (Å²) in [7, 11) is 3.24. The Labute approximate surface area is 207 Å². The maximum Gasteiger partial charge on any atom is 0.252 e. The first-order valence-electron chi connectivity index (χ1n) is 11.7. The fraction of sp³-hybridized carbons (Fsp3) is 0.360. The van der Waals surface area contributed by atoms with E-state index < -0.39 is 5.91 Å². The topological polar surface area (TPSA) is 143 Å². The molecule has 2 atom stereocenters. The van der Waals surface area contributed by atoms with Crippen molar-refractivity contribution in [3.63, 3.8) is 0 Å². The van der Waals surface area contributed by atoms with Crippen molar-refractivity contribution in [1.82, 2.24) is 14.8 Å². The lowest BCUT2D eigenvalue weighted by molar-refractivity contribution is -0.117. The molecule has 3 heterocycles. The minimum atomic E-state index is -0.645. The number of nitrogens with zero attached hydrogens (tertiary/aromatic N) is 3. The Balaban J connectivity index is 1.45. The van der Waals surface area contributed by atoms with E-state index in [9.17, 15) is 9.59 Å². The van der Waals surface area contributed by atoms with Gasteiger partial charge in [-0.3, -0.25) is 14.3 Å². The fourth-order valence-electron chi connectivity index (χ4n) is 4.28. The molecule has 1 saturated carbocycles. The highest BCUT2D eigenvalue weighted by Gasteiger charge is 2.31. The summed E-state index contributed by atoms with van der Waals surface area (Å²) in [5.74, 6) is 0.181. The number of nitrogens with two attached hydrogens (primary N) is 1. The molecular weight excluding hydrogens is 464 g/mol. The second-order valence-corrected chi connectivity index (χ2v) is 8.84. The first-order chi connectivity index (χ1) is 17.5. The van der Waals surface area contributed by atoms with Gasteiger partial charge < -0.3 is 30.6 Å². The molecule has 1 aliphatic heterocycles. The van der Waals surface area contributed by atoms with Crippen molar-refractivity contribution in [2.75, 3.05) is 38.1 Å². The van der Waals surface area contributed by atoms with Gasteiger partial charge in [0.2, 0.25) is 5.91 Å². The maximum absolute atomic E-state index is 12.2. The average Bonchev–Trinajstić information content (AvgIpc) is 3.42. The zero-order valence-corrected chi connectivity index (χ0v) is 20.1. The molecule has 2 unspecified atom stereocenters. The van der Waals surface area contributed by atoms with Gasteiger partial charge in [-0.2, -0.15) is 5.10 Å². The summed E-state index contributed by atoms with van der Waals surface area (Å²) >= 11 is 0. The average molecular weight is 493 g/mol. The summed E-state index contributed by atoms with van der Waals surface area (Å²) in [4.78, 5) is 28.5. The zero-order valence-electron chi connectivity index (χ0n) is 20.1. The Hall–Kier alpha value is -3.96. The lowest BCUT2D eigenvalue weighted by Gasteiger charge is -2.17. The number of carbonyl (C=O) groups is 2. The number of ether oxygens (including phenoxy) is 3. The van der Waals surface area contributed by atoms with Gasteiger partial charge in [0.05, 0.1) is 43.5 Å². The number of para-hydroxylation sites is 1. The van der Waals surface area contributed by atoms with E-state index in [1.807, 2.05) is 29.1 Å². The molecular formula is C25H28N6O5. The molecule has 36 heavy (non-hydrogen) atoms. The molecule has 0 radical (unpaired) electrons. The summed E-state index contributed by atoms with van der Waals surface area (Å²) in [6.45, 7) is 1.05. The largest absolute Gasteiger partial charge is 0.494 e. The predicted molar refractivity (Wildman–Crippen MR) is 132 cm³/mol. The molecule has 1 saturated heterocycles. The molecule has 2 amide bonds. The monoisotopic (exact) mass is 492 g/mol. The Bertz CT molecular complexity index is 1290. The first kappa shape index (κ1) is 23.8. The van der Waals surface area contributed by atoms with E-state index in [-0.39, 0.29) is 29.5 Å². The number of pyridine rings is 1. The number of carbonyl (C=O) groups excluding carboxylic acids is 2. The molecule has 2 fully saturated rings. The van der Waals surface area contributed by atoms with Crippen LogP contribution in [0.2, 0.25) is 0 Å². The molecule has 11 nitrogen and oxygen atoms in total. The van der Waals surface area contributed by atoms with Gasteiger partial charge in [0.15, 0.2) is 0 Å². The smallest absolute Gasteiger partial charge is 0.252 e. The van der Waals surface area contributed by atoms with E-state index in [1.165, 1.54) is 6.20 Å².